The number of benzene rings is 2. The summed E-state index contributed by atoms with van der Waals surface area (Å²) in [6.07, 6.45) is -1.22. The van der Waals surface area contributed by atoms with E-state index in [0.29, 0.717) is 11.1 Å². The summed E-state index contributed by atoms with van der Waals surface area (Å²) in [6, 6.07) is 11.9. The van der Waals surface area contributed by atoms with E-state index < -0.39 is 6.43 Å². The van der Waals surface area contributed by atoms with E-state index in [-0.39, 0.29) is 18.0 Å². The van der Waals surface area contributed by atoms with Crippen LogP contribution in [0.5, 0.6) is 0 Å². The normalized spacial score (nSPS) is 11.2. The van der Waals surface area contributed by atoms with E-state index in [1.165, 1.54) is 24.4 Å². The van der Waals surface area contributed by atoms with E-state index in [9.17, 15) is 13.2 Å². The fourth-order valence-electron chi connectivity index (χ4n) is 1.54. The summed E-state index contributed by atoms with van der Waals surface area (Å²) in [4.78, 5) is 4.99. The van der Waals surface area contributed by atoms with Crippen LogP contribution in [-0.4, -0.2) is 6.21 Å². The van der Waals surface area contributed by atoms with Crippen LogP contribution < -0.4 is 0 Å². The lowest BCUT2D eigenvalue weighted by molar-refractivity contribution is 0.131. The van der Waals surface area contributed by atoms with Crippen LogP contribution in [0.2, 0.25) is 0 Å². The predicted molar refractivity (Wildman–Crippen MR) is 70.2 cm³/mol. The van der Waals surface area contributed by atoms with E-state index in [1.807, 2.05) is 0 Å². The Labute approximate surface area is 114 Å². The van der Waals surface area contributed by atoms with Crippen LogP contribution in [-0.2, 0) is 11.4 Å². The number of hydrogen-bond acceptors (Lipinski definition) is 2. The lowest BCUT2D eigenvalue weighted by Crippen LogP contribution is -1.91. The first kappa shape index (κ1) is 14.1. The number of rotatable bonds is 5. The third kappa shape index (κ3) is 3.85. The maximum Gasteiger partial charge on any atom is 0.263 e. The molecule has 20 heavy (non-hydrogen) atoms. The van der Waals surface area contributed by atoms with Crippen LogP contribution in [0.4, 0.5) is 13.2 Å². The Morgan fingerprint density at radius 1 is 1.05 bits per heavy atom. The SMILES string of the molecule is Fc1ccccc1C=NOCc1ccc(C(F)F)cc1. The molecule has 2 aromatic rings. The molecule has 0 aromatic heterocycles. The average Bonchev–Trinajstić information content (AvgIpc) is 2.46. The first-order valence-electron chi connectivity index (χ1n) is 5.93. The molecule has 2 nitrogen and oxygen atoms in total. The van der Waals surface area contributed by atoms with Crippen molar-refractivity contribution in [2.75, 3.05) is 0 Å². The minimum Gasteiger partial charge on any atom is -0.391 e. The van der Waals surface area contributed by atoms with Gasteiger partial charge in [-0.2, -0.15) is 0 Å². The first-order valence-corrected chi connectivity index (χ1v) is 5.93. The maximum atomic E-state index is 13.2. The highest BCUT2D eigenvalue weighted by molar-refractivity contribution is 5.79. The molecule has 2 rings (SSSR count). The zero-order chi connectivity index (χ0) is 14.4. The van der Waals surface area contributed by atoms with Crippen molar-refractivity contribution in [2.24, 2.45) is 5.16 Å². The van der Waals surface area contributed by atoms with Gasteiger partial charge in [-0.25, -0.2) is 13.2 Å². The molecule has 0 saturated carbocycles. The van der Waals surface area contributed by atoms with Crippen LogP contribution in [0.3, 0.4) is 0 Å². The van der Waals surface area contributed by atoms with Crippen molar-refractivity contribution in [3.05, 3.63) is 71.0 Å². The molecule has 0 aliphatic carbocycles. The standard InChI is InChI=1S/C15H12F3NO/c16-14-4-2-1-3-13(14)9-19-20-10-11-5-7-12(8-6-11)15(17)18/h1-9,15H,10H2. The van der Waals surface area contributed by atoms with Crippen LogP contribution in [0.25, 0.3) is 0 Å². The Hall–Kier alpha value is -2.30. The van der Waals surface area contributed by atoms with Crippen molar-refractivity contribution in [1.29, 1.82) is 0 Å². The molecule has 0 spiro atoms. The van der Waals surface area contributed by atoms with E-state index in [2.05, 4.69) is 5.16 Å². The first-order chi connectivity index (χ1) is 9.66. The smallest absolute Gasteiger partial charge is 0.263 e. The fraction of sp³-hybridized carbons (Fsp3) is 0.133. The summed E-state index contributed by atoms with van der Waals surface area (Å²) < 4.78 is 37.9. The second-order valence-corrected chi connectivity index (χ2v) is 4.07. The van der Waals surface area contributed by atoms with Crippen molar-refractivity contribution in [2.45, 2.75) is 13.0 Å². The van der Waals surface area contributed by atoms with Crippen LogP contribution >= 0.6 is 0 Å². The molecule has 2 aromatic carbocycles. The topological polar surface area (TPSA) is 21.6 Å². The van der Waals surface area contributed by atoms with Crippen molar-refractivity contribution in [1.82, 2.24) is 0 Å². The lowest BCUT2D eigenvalue weighted by Gasteiger charge is -2.02. The molecule has 104 valence electrons. The zero-order valence-electron chi connectivity index (χ0n) is 10.5. The molecular formula is C15H12F3NO. The summed E-state index contributed by atoms with van der Waals surface area (Å²) in [6.45, 7) is 0.133. The molecule has 0 saturated heterocycles. The number of alkyl halides is 2. The van der Waals surface area contributed by atoms with Crippen LogP contribution in [0.1, 0.15) is 23.1 Å². The minimum atomic E-state index is -2.48. The zero-order valence-corrected chi connectivity index (χ0v) is 10.5. The number of oxime groups is 1. The molecule has 5 heteroatoms. The molecule has 0 amide bonds. The summed E-state index contributed by atoms with van der Waals surface area (Å²) in [5, 5.41) is 3.64. The second kappa shape index (κ2) is 6.75. The predicted octanol–water partition coefficient (Wildman–Crippen LogP) is 4.31. The van der Waals surface area contributed by atoms with Crippen LogP contribution in [0, 0.1) is 5.82 Å². The molecule has 0 bridgehead atoms. The van der Waals surface area contributed by atoms with Gasteiger partial charge in [0.25, 0.3) is 6.43 Å². The van der Waals surface area contributed by atoms with Crippen LogP contribution in [0.15, 0.2) is 53.7 Å². The molecule has 0 fully saturated rings. The van der Waals surface area contributed by atoms with Gasteiger partial charge in [-0.1, -0.05) is 47.6 Å². The van der Waals surface area contributed by atoms with Gasteiger partial charge in [-0.05, 0) is 11.6 Å². The Bertz CT molecular complexity index is 582. The third-order valence-corrected chi connectivity index (χ3v) is 2.63. The molecule has 0 radical (unpaired) electrons. The van der Waals surface area contributed by atoms with Gasteiger partial charge in [0, 0.05) is 11.1 Å². The van der Waals surface area contributed by atoms with Gasteiger partial charge in [-0.3, -0.25) is 0 Å². The monoisotopic (exact) mass is 279 g/mol. The number of nitrogens with zero attached hydrogens (tertiary/aromatic N) is 1. The van der Waals surface area contributed by atoms with Gasteiger partial charge < -0.3 is 4.84 Å². The largest absolute Gasteiger partial charge is 0.391 e. The summed E-state index contributed by atoms with van der Waals surface area (Å²) in [5.74, 6) is -0.388. The summed E-state index contributed by atoms with van der Waals surface area (Å²) >= 11 is 0. The number of halogens is 3. The fourth-order valence-corrected chi connectivity index (χ4v) is 1.54. The van der Waals surface area contributed by atoms with E-state index in [1.54, 1.807) is 30.3 Å². The van der Waals surface area contributed by atoms with E-state index in [4.69, 9.17) is 4.84 Å². The Morgan fingerprint density at radius 2 is 1.75 bits per heavy atom. The molecule has 0 aliphatic heterocycles. The summed E-state index contributed by atoms with van der Waals surface area (Å²) in [7, 11) is 0. The maximum absolute atomic E-state index is 13.2. The highest BCUT2D eigenvalue weighted by atomic mass is 19.3. The van der Waals surface area contributed by atoms with Gasteiger partial charge in [0.05, 0.1) is 6.21 Å². The quantitative estimate of drug-likeness (QED) is 0.590. The van der Waals surface area contributed by atoms with Gasteiger partial charge in [-0.15, -0.1) is 0 Å². The molecule has 0 N–H and O–H groups in total. The molecular weight excluding hydrogens is 267 g/mol. The van der Waals surface area contributed by atoms with Crippen molar-refractivity contribution < 1.29 is 18.0 Å². The molecule has 0 atom stereocenters. The Kier molecular flexibility index (Phi) is 4.76. The molecule has 0 unspecified atom stereocenters. The van der Waals surface area contributed by atoms with Crippen molar-refractivity contribution >= 4 is 6.21 Å². The van der Waals surface area contributed by atoms with E-state index >= 15 is 0 Å². The van der Waals surface area contributed by atoms with Crippen molar-refractivity contribution in [3.8, 4) is 0 Å². The second-order valence-electron chi connectivity index (χ2n) is 4.07. The van der Waals surface area contributed by atoms with Gasteiger partial charge >= 0.3 is 0 Å². The highest BCUT2D eigenvalue weighted by Crippen LogP contribution is 2.18. The Balaban J connectivity index is 1.88. The summed E-state index contributed by atoms with van der Waals surface area (Å²) in [5.41, 5.74) is 0.990. The van der Waals surface area contributed by atoms with Crippen molar-refractivity contribution in [3.63, 3.8) is 0 Å². The third-order valence-electron chi connectivity index (χ3n) is 2.63. The van der Waals surface area contributed by atoms with Gasteiger partial charge in [0.15, 0.2) is 0 Å². The lowest BCUT2D eigenvalue weighted by atomic mass is 10.1. The molecule has 0 aliphatic rings. The number of hydrogen-bond donors (Lipinski definition) is 0. The van der Waals surface area contributed by atoms with Gasteiger partial charge in [0.1, 0.15) is 12.4 Å². The minimum absolute atomic E-state index is 0.0383. The van der Waals surface area contributed by atoms with E-state index in [0.717, 1.165) is 0 Å². The molecule has 0 heterocycles. The highest BCUT2D eigenvalue weighted by Gasteiger charge is 2.05. The van der Waals surface area contributed by atoms with Gasteiger partial charge in [0.2, 0.25) is 0 Å². The Morgan fingerprint density at radius 3 is 2.40 bits per heavy atom. The average molecular weight is 279 g/mol.